The SMILES string of the molecule is CC(C)c1ccc(CN(C)C(=O)c2ccncc2Cl)cc1. The van der Waals surface area contributed by atoms with E-state index in [0.717, 1.165) is 5.56 Å². The number of rotatable bonds is 4. The molecule has 0 unspecified atom stereocenters. The zero-order valence-electron chi connectivity index (χ0n) is 12.5. The maximum Gasteiger partial charge on any atom is 0.255 e. The number of hydrogen-bond acceptors (Lipinski definition) is 2. The van der Waals surface area contributed by atoms with E-state index in [1.807, 2.05) is 0 Å². The molecular weight excluding hydrogens is 284 g/mol. The van der Waals surface area contributed by atoms with Gasteiger partial charge in [0.1, 0.15) is 0 Å². The Labute approximate surface area is 130 Å². The van der Waals surface area contributed by atoms with Crippen LogP contribution in [0.5, 0.6) is 0 Å². The van der Waals surface area contributed by atoms with E-state index < -0.39 is 0 Å². The fraction of sp³-hybridized carbons (Fsp3) is 0.294. The molecule has 4 heteroatoms. The molecule has 2 rings (SSSR count). The summed E-state index contributed by atoms with van der Waals surface area (Å²) in [5.74, 6) is 0.407. The lowest BCUT2D eigenvalue weighted by Crippen LogP contribution is -2.26. The lowest BCUT2D eigenvalue weighted by molar-refractivity contribution is 0.0785. The topological polar surface area (TPSA) is 33.2 Å². The number of carbonyl (C=O) groups is 1. The molecule has 0 aliphatic heterocycles. The van der Waals surface area contributed by atoms with Crippen LogP contribution >= 0.6 is 11.6 Å². The Morgan fingerprint density at radius 2 is 1.90 bits per heavy atom. The van der Waals surface area contributed by atoms with E-state index in [2.05, 4.69) is 43.1 Å². The third-order valence-electron chi connectivity index (χ3n) is 3.42. The van der Waals surface area contributed by atoms with Crippen molar-refractivity contribution in [2.75, 3.05) is 7.05 Å². The Hall–Kier alpha value is -1.87. The highest BCUT2D eigenvalue weighted by molar-refractivity contribution is 6.33. The average molecular weight is 303 g/mol. The number of halogens is 1. The quantitative estimate of drug-likeness (QED) is 0.851. The Morgan fingerprint density at radius 1 is 1.24 bits per heavy atom. The van der Waals surface area contributed by atoms with Crippen molar-refractivity contribution in [3.05, 3.63) is 64.4 Å². The fourth-order valence-corrected chi connectivity index (χ4v) is 2.31. The van der Waals surface area contributed by atoms with Crippen LogP contribution in [0.1, 0.15) is 41.3 Å². The molecule has 0 fully saturated rings. The molecule has 0 radical (unpaired) electrons. The van der Waals surface area contributed by atoms with Gasteiger partial charge in [0, 0.05) is 26.0 Å². The van der Waals surface area contributed by atoms with Gasteiger partial charge in [0.05, 0.1) is 10.6 Å². The minimum atomic E-state index is -0.102. The number of aromatic nitrogens is 1. The Balaban J connectivity index is 2.09. The lowest BCUT2D eigenvalue weighted by atomic mass is 10.0. The summed E-state index contributed by atoms with van der Waals surface area (Å²) in [7, 11) is 1.77. The van der Waals surface area contributed by atoms with Gasteiger partial charge in [0.15, 0.2) is 0 Å². The largest absolute Gasteiger partial charge is 0.337 e. The van der Waals surface area contributed by atoms with E-state index in [1.165, 1.54) is 11.8 Å². The number of benzene rings is 1. The molecule has 1 aromatic heterocycles. The van der Waals surface area contributed by atoms with Gasteiger partial charge in [-0.1, -0.05) is 49.7 Å². The van der Waals surface area contributed by atoms with Gasteiger partial charge < -0.3 is 4.90 Å². The minimum Gasteiger partial charge on any atom is -0.337 e. The molecule has 1 heterocycles. The van der Waals surface area contributed by atoms with E-state index in [1.54, 1.807) is 24.2 Å². The maximum absolute atomic E-state index is 12.4. The molecule has 0 saturated carbocycles. The molecule has 0 bridgehead atoms. The summed E-state index contributed by atoms with van der Waals surface area (Å²) in [4.78, 5) is 17.9. The first-order valence-corrected chi connectivity index (χ1v) is 7.30. The highest BCUT2D eigenvalue weighted by Crippen LogP contribution is 2.18. The first-order valence-electron chi connectivity index (χ1n) is 6.93. The van der Waals surface area contributed by atoms with Gasteiger partial charge in [0.25, 0.3) is 5.91 Å². The fourth-order valence-electron chi connectivity index (χ4n) is 2.11. The Bertz CT molecular complexity index is 623. The van der Waals surface area contributed by atoms with Crippen LogP contribution in [-0.2, 0) is 6.54 Å². The number of hydrogen-bond donors (Lipinski definition) is 0. The first-order chi connectivity index (χ1) is 9.99. The Kier molecular flexibility index (Phi) is 4.97. The normalized spacial score (nSPS) is 10.7. The van der Waals surface area contributed by atoms with Crippen LogP contribution in [0.15, 0.2) is 42.7 Å². The smallest absolute Gasteiger partial charge is 0.255 e. The molecule has 3 nitrogen and oxygen atoms in total. The van der Waals surface area contributed by atoms with Crippen LogP contribution in [0.3, 0.4) is 0 Å². The van der Waals surface area contributed by atoms with Gasteiger partial charge in [0.2, 0.25) is 0 Å². The predicted molar refractivity (Wildman–Crippen MR) is 85.6 cm³/mol. The lowest BCUT2D eigenvalue weighted by Gasteiger charge is -2.18. The molecular formula is C17H19ClN2O. The standard InChI is InChI=1S/C17H19ClN2O/c1-12(2)14-6-4-13(5-7-14)11-20(3)17(21)15-8-9-19-10-16(15)18/h4-10,12H,11H2,1-3H3. The van der Waals surface area contributed by atoms with Gasteiger partial charge >= 0.3 is 0 Å². The molecule has 1 amide bonds. The van der Waals surface area contributed by atoms with E-state index in [0.29, 0.717) is 23.0 Å². The second-order valence-electron chi connectivity index (χ2n) is 5.41. The van der Waals surface area contributed by atoms with E-state index in [4.69, 9.17) is 11.6 Å². The molecule has 1 aromatic carbocycles. The third kappa shape index (κ3) is 3.82. The van der Waals surface area contributed by atoms with E-state index >= 15 is 0 Å². The molecule has 0 aliphatic carbocycles. The van der Waals surface area contributed by atoms with Crippen molar-refractivity contribution >= 4 is 17.5 Å². The van der Waals surface area contributed by atoms with Gasteiger partial charge in [-0.25, -0.2) is 0 Å². The van der Waals surface area contributed by atoms with Crippen molar-refractivity contribution < 1.29 is 4.79 Å². The molecule has 0 N–H and O–H groups in total. The van der Waals surface area contributed by atoms with Crippen LogP contribution in [0.2, 0.25) is 5.02 Å². The summed E-state index contributed by atoms with van der Waals surface area (Å²) in [6.07, 6.45) is 3.06. The highest BCUT2D eigenvalue weighted by Gasteiger charge is 2.15. The van der Waals surface area contributed by atoms with Crippen molar-refractivity contribution in [2.45, 2.75) is 26.3 Å². The first kappa shape index (κ1) is 15.5. The third-order valence-corrected chi connectivity index (χ3v) is 3.72. The molecule has 0 saturated heterocycles. The molecule has 21 heavy (non-hydrogen) atoms. The van der Waals surface area contributed by atoms with Crippen LogP contribution in [0.25, 0.3) is 0 Å². The van der Waals surface area contributed by atoms with Crippen molar-refractivity contribution in [3.8, 4) is 0 Å². The van der Waals surface area contributed by atoms with Crippen LogP contribution in [0, 0.1) is 0 Å². The van der Waals surface area contributed by atoms with Crippen molar-refractivity contribution in [2.24, 2.45) is 0 Å². The molecule has 0 aliphatic rings. The minimum absolute atomic E-state index is 0.102. The van der Waals surface area contributed by atoms with Crippen LogP contribution in [0.4, 0.5) is 0 Å². The highest BCUT2D eigenvalue weighted by atomic mass is 35.5. The van der Waals surface area contributed by atoms with Gasteiger partial charge in [-0.05, 0) is 23.1 Å². The predicted octanol–water partition coefficient (Wildman–Crippen LogP) is 4.13. The van der Waals surface area contributed by atoms with Gasteiger partial charge in [-0.3, -0.25) is 9.78 Å². The zero-order chi connectivity index (χ0) is 15.4. The molecule has 0 atom stereocenters. The van der Waals surface area contributed by atoms with E-state index in [-0.39, 0.29) is 5.91 Å². The van der Waals surface area contributed by atoms with Crippen molar-refractivity contribution in [3.63, 3.8) is 0 Å². The second kappa shape index (κ2) is 6.72. The molecule has 2 aromatic rings. The number of nitrogens with zero attached hydrogens (tertiary/aromatic N) is 2. The van der Waals surface area contributed by atoms with E-state index in [9.17, 15) is 4.79 Å². The number of carbonyl (C=O) groups excluding carboxylic acids is 1. The van der Waals surface area contributed by atoms with Crippen molar-refractivity contribution in [1.82, 2.24) is 9.88 Å². The summed E-state index contributed by atoms with van der Waals surface area (Å²) in [6, 6.07) is 9.99. The molecule has 110 valence electrons. The monoisotopic (exact) mass is 302 g/mol. The maximum atomic E-state index is 12.4. The zero-order valence-corrected chi connectivity index (χ0v) is 13.3. The summed E-state index contributed by atoms with van der Waals surface area (Å²) >= 11 is 6.01. The summed E-state index contributed by atoms with van der Waals surface area (Å²) in [5, 5.41) is 0.379. The summed E-state index contributed by atoms with van der Waals surface area (Å²) < 4.78 is 0. The average Bonchev–Trinajstić information content (AvgIpc) is 2.47. The second-order valence-corrected chi connectivity index (χ2v) is 5.82. The van der Waals surface area contributed by atoms with Gasteiger partial charge in [-0.15, -0.1) is 0 Å². The molecule has 0 spiro atoms. The van der Waals surface area contributed by atoms with Crippen LogP contribution in [-0.4, -0.2) is 22.8 Å². The summed E-state index contributed by atoms with van der Waals surface area (Å²) in [6.45, 7) is 4.88. The summed E-state index contributed by atoms with van der Waals surface area (Å²) in [5.41, 5.74) is 2.87. The number of pyridine rings is 1. The number of amides is 1. The van der Waals surface area contributed by atoms with Crippen LogP contribution < -0.4 is 0 Å². The van der Waals surface area contributed by atoms with Crippen molar-refractivity contribution in [1.29, 1.82) is 0 Å². The Morgan fingerprint density at radius 3 is 2.48 bits per heavy atom. The van der Waals surface area contributed by atoms with Gasteiger partial charge in [-0.2, -0.15) is 0 Å².